The van der Waals surface area contributed by atoms with E-state index in [1.165, 1.54) is 60.0 Å². The van der Waals surface area contributed by atoms with Crippen molar-refractivity contribution in [3.63, 3.8) is 0 Å². The minimum atomic E-state index is 1.06. The van der Waals surface area contributed by atoms with E-state index in [4.69, 9.17) is 0 Å². The minimum Gasteiger partial charge on any atom is -0.310 e. The molecule has 0 amide bonds. The summed E-state index contributed by atoms with van der Waals surface area (Å²) >= 11 is 0. The zero-order valence-corrected chi connectivity index (χ0v) is 34.2. The Morgan fingerprint density at radius 1 is 0.355 bits per heavy atom. The molecule has 2 nitrogen and oxygen atoms in total. The van der Waals surface area contributed by atoms with Crippen molar-refractivity contribution in [3.8, 4) is 39.1 Å². The summed E-state index contributed by atoms with van der Waals surface area (Å²) in [5.74, 6) is 0. The molecule has 2 heteroatoms. The van der Waals surface area contributed by atoms with Crippen LogP contribution in [0.25, 0.3) is 94.6 Å². The lowest BCUT2D eigenvalue weighted by Gasteiger charge is -2.27. The van der Waals surface area contributed by atoms with Crippen LogP contribution in [0.5, 0.6) is 0 Å². The van der Waals surface area contributed by atoms with Crippen molar-refractivity contribution in [2.24, 2.45) is 0 Å². The summed E-state index contributed by atoms with van der Waals surface area (Å²) in [7, 11) is 0. The van der Waals surface area contributed by atoms with Gasteiger partial charge in [0.05, 0.1) is 16.7 Å². The molecule has 0 aliphatic rings. The van der Waals surface area contributed by atoms with Gasteiger partial charge < -0.3 is 9.47 Å². The van der Waals surface area contributed by atoms with Crippen LogP contribution < -0.4 is 4.90 Å². The first-order valence-corrected chi connectivity index (χ1v) is 21.2. The van der Waals surface area contributed by atoms with Crippen LogP contribution in [-0.2, 0) is 0 Å². The van der Waals surface area contributed by atoms with Gasteiger partial charge in [0.25, 0.3) is 0 Å². The number of rotatable bonds is 9. The summed E-state index contributed by atoms with van der Waals surface area (Å²) < 4.78 is 2.41. The summed E-state index contributed by atoms with van der Waals surface area (Å²) in [4.78, 5) is 2.38. The van der Waals surface area contributed by atoms with Crippen molar-refractivity contribution in [2.45, 2.75) is 0 Å². The first-order valence-electron chi connectivity index (χ1n) is 21.2. The SMILES string of the molecule is C=Cc1cccc2cccc(-c3cccc(N(c4ccc(-c5ccccc5-n5c6ccccc6c6ccccc65)cc4)c4cccc(-c5cccc6cccc(C=C)c56)c4)c3)c12. The third kappa shape index (κ3) is 6.20. The maximum absolute atomic E-state index is 4.16. The number of aromatic nitrogens is 1. The van der Waals surface area contributed by atoms with Gasteiger partial charge in [0.2, 0.25) is 0 Å². The summed E-state index contributed by atoms with van der Waals surface area (Å²) in [6, 6.07) is 79.0. The van der Waals surface area contributed by atoms with Crippen molar-refractivity contribution in [3.05, 3.63) is 243 Å². The first kappa shape index (κ1) is 36.8. The van der Waals surface area contributed by atoms with E-state index in [0.717, 1.165) is 50.6 Å². The molecule has 0 spiro atoms. The molecule has 10 aromatic carbocycles. The van der Waals surface area contributed by atoms with E-state index in [9.17, 15) is 0 Å². The Labute approximate surface area is 362 Å². The van der Waals surface area contributed by atoms with E-state index in [0.29, 0.717) is 0 Å². The lowest BCUT2D eigenvalue weighted by Crippen LogP contribution is -2.10. The van der Waals surface area contributed by atoms with Gasteiger partial charge in [-0.05, 0) is 115 Å². The fraction of sp³-hybridized carbons (Fsp3) is 0. The predicted molar refractivity (Wildman–Crippen MR) is 267 cm³/mol. The summed E-state index contributed by atoms with van der Waals surface area (Å²) in [5, 5.41) is 7.30. The maximum atomic E-state index is 4.16. The molecular formula is C60H42N2. The Morgan fingerprint density at radius 3 is 1.34 bits per heavy atom. The number of para-hydroxylation sites is 3. The predicted octanol–water partition coefficient (Wildman–Crippen LogP) is 16.8. The quantitative estimate of drug-likeness (QED) is 0.141. The van der Waals surface area contributed by atoms with Crippen LogP contribution in [0, 0.1) is 0 Å². The Morgan fingerprint density at radius 2 is 0.806 bits per heavy atom. The number of fused-ring (bicyclic) bond motifs is 5. The lowest BCUT2D eigenvalue weighted by molar-refractivity contribution is 1.18. The van der Waals surface area contributed by atoms with Gasteiger partial charge in [-0.15, -0.1) is 0 Å². The average molecular weight is 791 g/mol. The molecule has 11 rings (SSSR count). The third-order valence-corrected chi connectivity index (χ3v) is 12.3. The zero-order valence-electron chi connectivity index (χ0n) is 34.2. The van der Waals surface area contributed by atoms with Gasteiger partial charge >= 0.3 is 0 Å². The van der Waals surface area contributed by atoms with E-state index in [-0.39, 0.29) is 0 Å². The summed E-state index contributed by atoms with van der Waals surface area (Å²) in [6.07, 6.45) is 3.92. The van der Waals surface area contributed by atoms with Crippen LogP contribution in [0.4, 0.5) is 17.1 Å². The van der Waals surface area contributed by atoms with Gasteiger partial charge in [0, 0.05) is 33.4 Å². The number of hydrogen-bond acceptors (Lipinski definition) is 1. The van der Waals surface area contributed by atoms with E-state index >= 15 is 0 Å². The first-order chi connectivity index (χ1) is 30.7. The highest BCUT2D eigenvalue weighted by Crippen LogP contribution is 2.43. The topological polar surface area (TPSA) is 8.17 Å². The summed E-state index contributed by atoms with van der Waals surface area (Å²) in [5.41, 5.74) is 15.9. The van der Waals surface area contributed by atoms with Crippen LogP contribution in [0.1, 0.15) is 11.1 Å². The molecule has 0 radical (unpaired) electrons. The molecule has 62 heavy (non-hydrogen) atoms. The molecule has 0 saturated heterocycles. The minimum absolute atomic E-state index is 1.06. The smallest absolute Gasteiger partial charge is 0.0541 e. The van der Waals surface area contributed by atoms with Gasteiger partial charge in [-0.25, -0.2) is 0 Å². The van der Waals surface area contributed by atoms with Crippen LogP contribution >= 0.6 is 0 Å². The molecule has 0 aliphatic heterocycles. The molecule has 0 saturated carbocycles. The molecule has 292 valence electrons. The van der Waals surface area contributed by atoms with E-state index in [1.54, 1.807) is 0 Å². The highest BCUT2D eigenvalue weighted by atomic mass is 15.1. The fourth-order valence-electron chi connectivity index (χ4n) is 9.52. The van der Waals surface area contributed by atoms with Gasteiger partial charge in [0.1, 0.15) is 0 Å². The Balaban J connectivity index is 1.08. The standard InChI is InChI=1S/C60H42N2/c1-3-41-17-11-19-44-21-15-30-52(59(41)44)46-23-13-25-49(39-46)61(50-26-14-24-47(40-50)53-31-16-22-45-20-12-18-42(4-2)60(45)53)48-37-35-43(36-38-48)51-27-5-8-32-56(51)62-57-33-9-6-28-54(57)55-29-7-10-34-58(55)62/h3-40H,1-2H2. The van der Waals surface area contributed by atoms with E-state index in [2.05, 4.69) is 241 Å². The third-order valence-electron chi connectivity index (χ3n) is 12.3. The second kappa shape index (κ2) is 15.4. The summed E-state index contributed by atoms with van der Waals surface area (Å²) in [6.45, 7) is 8.33. The monoisotopic (exact) mass is 790 g/mol. The number of benzene rings is 10. The number of nitrogens with zero attached hydrogens (tertiary/aromatic N) is 2. The van der Waals surface area contributed by atoms with Gasteiger partial charge in [-0.1, -0.05) is 189 Å². The van der Waals surface area contributed by atoms with Crippen molar-refractivity contribution in [1.82, 2.24) is 4.57 Å². The Bertz CT molecular complexity index is 3310. The molecule has 0 fully saturated rings. The molecular weight excluding hydrogens is 749 g/mol. The fourth-order valence-corrected chi connectivity index (χ4v) is 9.52. The Hall–Kier alpha value is -8.20. The molecule has 0 bridgehead atoms. The van der Waals surface area contributed by atoms with Crippen LogP contribution in [0.3, 0.4) is 0 Å². The largest absolute Gasteiger partial charge is 0.310 e. The normalized spacial score (nSPS) is 11.4. The molecule has 1 heterocycles. The van der Waals surface area contributed by atoms with E-state index < -0.39 is 0 Å². The molecule has 11 aromatic rings. The Kier molecular flexibility index (Phi) is 9.17. The highest BCUT2D eigenvalue weighted by molar-refractivity contribution is 6.10. The van der Waals surface area contributed by atoms with Crippen molar-refractivity contribution < 1.29 is 0 Å². The molecule has 0 N–H and O–H groups in total. The molecule has 0 atom stereocenters. The molecule has 0 aliphatic carbocycles. The van der Waals surface area contributed by atoms with Crippen molar-refractivity contribution >= 4 is 72.6 Å². The molecule has 1 aromatic heterocycles. The van der Waals surface area contributed by atoms with Gasteiger partial charge in [-0.2, -0.15) is 0 Å². The second-order valence-electron chi connectivity index (χ2n) is 15.8. The van der Waals surface area contributed by atoms with Crippen LogP contribution in [0.15, 0.2) is 232 Å². The molecule has 0 unspecified atom stereocenters. The van der Waals surface area contributed by atoms with E-state index in [1.807, 2.05) is 12.2 Å². The van der Waals surface area contributed by atoms with Crippen LogP contribution in [-0.4, -0.2) is 4.57 Å². The lowest BCUT2D eigenvalue weighted by atomic mass is 9.93. The van der Waals surface area contributed by atoms with Crippen molar-refractivity contribution in [1.29, 1.82) is 0 Å². The van der Waals surface area contributed by atoms with Crippen molar-refractivity contribution in [2.75, 3.05) is 4.90 Å². The zero-order chi connectivity index (χ0) is 41.6. The number of hydrogen-bond donors (Lipinski definition) is 0. The van der Waals surface area contributed by atoms with Gasteiger partial charge in [-0.3, -0.25) is 0 Å². The van der Waals surface area contributed by atoms with Gasteiger partial charge in [0.15, 0.2) is 0 Å². The highest BCUT2D eigenvalue weighted by Gasteiger charge is 2.19. The second-order valence-corrected chi connectivity index (χ2v) is 15.8. The number of anilines is 3. The maximum Gasteiger partial charge on any atom is 0.0541 e. The average Bonchev–Trinajstić information content (AvgIpc) is 3.68. The van der Waals surface area contributed by atoms with Crippen LogP contribution in [0.2, 0.25) is 0 Å².